The summed E-state index contributed by atoms with van der Waals surface area (Å²) in [4.78, 5) is 11.3. The zero-order valence-corrected chi connectivity index (χ0v) is 15.4. The Morgan fingerprint density at radius 2 is 2.00 bits per heavy atom. The average Bonchev–Trinajstić information content (AvgIpc) is 2.97. The Morgan fingerprint density at radius 1 is 1.24 bits per heavy atom. The minimum atomic E-state index is -3.93. The number of nitrogens with zero attached hydrogens (tertiary/aromatic N) is 1. The van der Waals surface area contributed by atoms with E-state index in [2.05, 4.69) is 0 Å². The maximum absolute atomic E-state index is 11.8. The Bertz CT molecular complexity index is 828. The smallest absolute Gasteiger partial charge is 0.326 e. The van der Waals surface area contributed by atoms with Gasteiger partial charge in [-0.25, -0.2) is 17.4 Å². The van der Waals surface area contributed by atoms with Crippen LogP contribution in [-0.2, 0) is 24.8 Å². The van der Waals surface area contributed by atoms with Gasteiger partial charge in [0.2, 0.25) is 0 Å². The van der Waals surface area contributed by atoms with E-state index in [4.69, 9.17) is 0 Å². The lowest BCUT2D eigenvalue weighted by molar-refractivity contribution is -0.118. The second-order valence-electron chi connectivity index (χ2n) is 6.74. The third kappa shape index (κ3) is 3.84. The molecule has 8 nitrogen and oxygen atoms in total. The molecule has 10 heteroatoms. The standard InChI is InChI=1S/C15H22N2O6S2/c18-14-9-11(3-1-4-12-5-2-8-24(12,20)21)6-7-13(14)17-10-15(19)16-25(17,22)23/h7,9,11-12,18H,1-6,8,10H2,(H,16,19). The Morgan fingerprint density at radius 3 is 2.56 bits per heavy atom. The Balaban J connectivity index is 1.56. The minimum absolute atomic E-state index is 0.0295. The van der Waals surface area contributed by atoms with Gasteiger partial charge in [-0.3, -0.25) is 4.79 Å². The second-order valence-corrected chi connectivity index (χ2v) is 10.7. The fourth-order valence-corrected chi connectivity index (χ4v) is 6.76. The zero-order chi connectivity index (χ0) is 18.2. The van der Waals surface area contributed by atoms with Gasteiger partial charge in [-0.1, -0.05) is 12.5 Å². The van der Waals surface area contributed by atoms with Gasteiger partial charge in [0.25, 0.3) is 5.91 Å². The van der Waals surface area contributed by atoms with E-state index in [9.17, 15) is 26.7 Å². The van der Waals surface area contributed by atoms with Crippen LogP contribution in [0.2, 0.25) is 0 Å². The number of hydrogen-bond donors (Lipinski definition) is 2. The minimum Gasteiger partial charge on any atom is -0.506 e. The van der Waals surface area contributed by atoms with Crippen molar-refractivity contribution < 1.29 is 26.7 Å². The molecule has 140 valence electrons. The van der Waals surface area contributed by atoms with Gasteiger partial charge in [-0.2, -0.15) is 8.42 Å². The molecule has 1 aliphatic carbocycles. The maximum atomic E-state index is 11.8. The van der Waals surface area contributed by atoms with Crippen molar-refractivity contribution in [2.75, 3.05) is 12.3 Å². The third-order valence-electron chi connectivity index (χ3n) is 4.92. The summed E-state index contributed by atoms with van der Waals surface area (Å²) in [5, 5.41) is 9.92. The lowest BCUT2D eigenvalue weighted by Gasteiger charge is -2.24. The van der Waals surface area contributed by atoms with Gasteiger partial charge < -0.3 is 5.11 Å². The van der Waals surface area contributed by atoms with Crippen molar-refractivity contribution in [3.8, 4) is 0 Å². The molecule has 2 heterocycles. The van der Waals surface area contributed by atoms with Gasteiger partial charge >= 0.3 is 10.2 Å². The van der Waals surface area contributed by atoms with Gasteiger partial charge in [0.05, 0.1) is 16.7 Å². The summed E-state index contributed by atoms with van der Waals surface area (Å²) >= 11 is 0. The number of carbonyl (C=O) groups excluding carboxylic acids is 1. The molecule has 0 aromatic rings. The Kier molecular flexibility index (Phi) is 4.84. The monoisotopic (exact) mass is 390 g/mol. The summed E-state index contributed by atoms with van der Waals surface area (Å²) in [6, 6.07) is 0. The quantitative estimate of drug-likeness (QED) is 0.715. The van der Waals surface area contributed by atoms with E-state index in [1.54, 1.807) is 12.2 Å². The SMILES string of the molecule is O=C1CN(C2=CCC(CCCC3CCCS3(=O)=O)C=C2O)S(=O)(=O)N1. The van der Waals surface area contributed by atoms with Gasteiger partial charge in [-0.05, 0) is 44.1 Å². The predicted octanol–water partition coefficient (Wildman–Crippen LogP) is 0.756. The predicted molar refractivity (Wildman–Crippen MR) is 91.3 cm³/mol. The largest absolute Gasteiger partial charge is 0.506 e. The van der Waals surface area contributed by atoms with Crippen molar-refractivity contribution in [2.45, 2.75) is 43.8 Å². The van der Waals surface area contributed by atoms with Gasteiger partial charge in [0.15, 0.2) is 9.84 Å². The van der Waals surface area contributed by atoms with Crippen LogP contribution >= 0.6 is 0 Å². The highest BCUT2D eigenvalue weighted by atomic mass is 32.2. The number of carbonyl (C=O) groups is 1. The van der Waals surface area contributed by atoms with E-state index in [-0.39, 0.29) is 34.9 Å². The Labute approximate surface area is 147 Å². The highest BCUT2D eigenvalue weighted by Gasteiger charge is 2.37. The number of allylic oxidation sites excluding steroid dienone is 2. The third-order valence-corrected chi connectivity index (χ3v) is 8.66. The molecule has 0 radical (unpaired) electrons. The van der Waals surface area contributed by atoms with E-state index in [0.29, 0.717) is 12.8 Å². The van der Waals surface area contributed by atoms with E-state index in [1.807, 2.05) is 4.72 Å². The number of aliphatic hydroxyl groups excluding tert-OH is 1. The van der Waals surface area contributed by atoms with Crippen molar-refractivity contribution >= 4 is 26.0 Å². The van der Waals surface area contributed by atoms with E-state index in [1.165, 1.54) is 0 Å². The molecule has 0 aromatic heterocycles. The number of aliphatic hydroxyl groups is 1. The molecule has 2 saturated heterocycles. The lowest BCUT2D eigenvalue weighted by atomic mass is 9.92. The fourth-order valence-electron chi connectivity index (χ4n) is 3.63. The molecule has 0 saturated carbocycles. The highest BCUT2D eigenvalue weighted by Crippen LogP contribution is 2.31. The molecular weight excluding hydrogens is 368 g/mol. The summed E-state index contributed by atoms with van der Waals surface area (Å²) < 4.78 is 50.0. The van der Waals surface area contributed by atoms with E-state index in [0.717, 1.165) is 30.0 Å². The normalized spacial score (nSPS) is 30.7. The summed E-state index contributed by atoms with van der Waals surface area (Å²) in [5.41, 5.74) is 0.118. The summed E-state index contributed by atoms with van der Waals surface area (Å²) in [5.74, 6) is -0.481. The van der Waals surface area contributed by atoms with Crippen molar-refractivity contribution in [1.29, 1.82) is 0 Å². The first kappa shape index (κ1) is 18.2. The molecule has 2 unspecified atom stereocenters. The fraction of sp³-hybridized carbons (Fsp3) is 0.667. The molecule has 0 bridgehead atoms. The molecule has 3 aliphatic rings. The number of nitrogens with one attached hydrogen (secondary N) is 1. The molecule has 2 fully saturated rings. The Hall–Kier alpha value is -1.55. The van der Waals surface area contributed by atoms with Crippen LogP contribution < -0.4 is 4.72 Å². The molecule has 25 heavy (non-hydrogen) atoms. The van der Waals surface area contributed by atoms with Crippen molar-refractivity contribution in [2.24, 2.45) is 5.92 Å². The van der Waals surface area contributed by atoms with E-state index < -0.39 is 26.0 Å². The van der Waals surface area contributed by atoms with E-state index >= 15 is 0 Å². The molecule has 0 spiro atoms. The molecular formula is C15H22N2O6S2. The van der Waals surface area contributed by atoms with Crippen LogP contribution in [0.5, 0.6) is 0 Å². The van der Waals surface area contributed by atoms with Crippen LogP contribution in [0, 0.1) is 5.92 Å². The van der Waals surface area contributed by atoms with Crippen molar-refractivity contribution in [3.05, 3.63) is 23.6 Å². The number of sulfone groups is 1. The van der Waals surface area contributed by atoms with Crippen LogP contribution in [0.4, 0.5) is 0 Å². The molecule has 2 N–H and O–H groups in total. The van der Waals surface area contributed by atoms with Gasteiger partial charge in [0.1, 0.15) is 12.3 Å². The van der Waals surface area contributed by atoms with Crippen LogP contribution in [0.3, 0.4) is 0 Å². The first-order valence-corrected chi connectivity index (χ1v) is 11.5. The lowest BCUT2D eigenvalue weighted by Crippen LogP contribution is -2.31. The average molecular weight is 390 g/mol. The maximum Gasteiger partial charge on any atom is 0.326 e. The summed E-state index contributed by atoms with van der Waals surface area (Å²) in [7, 11) is -6.86. The molecule has 2 atom stereocenters. The van der Waals surface area contributed by atoms with Crippen LogP contribution in [-0.4, -0.2) is 49.7 Å². The molecule has 0 aromatic carbocycles. The van der Waals surface area contributed by atoms with Crippen LogP contribution in [0.1, 0.15) is 38.5 Å². The number of hydrogen-bond acceptors (Lipinski definition) is 6. The molecule has 3 rings (SSSR count). The zero-order valence-electron chi connectivity index (χ0n) is 13.7. The highest BCUT2D eigenvalue weighted by molar-refractivity contribution is 7.92. The summed E-state index contributed by atoms with van der Waals surface area (Å²) in [6.45, 7) is -0.337. The van der Waals surface area contributed by atoms with Crippen LogP contribution in [0.25, 0.3) is 0 Å². The number of amides is 1. The number of rotatable bonds is 5. The molecule has 1 amide bonds. The van der Waals surface area contributed by atoms with Gasteiger partial charge in [-0.15, -0.1) is 0 Å². The summed E-state index contributed by atoms with van der Waals surface area (Å²) in [6.07, 6.45) is 7.31. The second kappa shape index (κ2) is 6.64. The van der Waals surface area contributed by atoms with Gasteiger partial charge in [0, 0.05) is 0 Å². The first-order valence-electron chi connectivity index (χ1n) is 8.35. The van der Waals surface area contributed by atoms with Crippen molar-refractivity contribution in [3.63, 3.8) is 0 Å². The van der Waals surface area contributed by atoms with Crippen LogP contribution in [0.15, 0.2) is 23.6 Å². The molecule has 2 aliphatic heterocycles. The van der Waals surface area contributed by atoms with Crippen molar-refractivity contribution in [1.82, 2.24) is 9.03 Å². The first-order chi connectivity index (χ1) is 11.7. The topological polar surface area (TPSA) is 121 Å².